The molecular weight excluding hydrogens is 342 g/mol. The van der Waals surface area contributed by atoms with Crippen molar-refractivity contribution in [1.29, 1.82) is 0 Å². The number of hydrogen-bond acceptors (Lipinski definition) is 7. The Morgan fingerprint density at radius 3 is 2.70 bits per heavy atom. The molecule has 0 aromatic carbocycles. The summed E-state index contributed by atoms with van der Waals surface area (Å²) in [5, 5.41) is 9.47. The third kappa shape index (κ3) is 3.52. The summed E-state index contributed by atoms with van der Waals surface area (Å²) < 4.78 is 7.14. The Morgan fingerprint density at radius 2 is 2.00 bits per heavy atom. The molecule has 27 heavy (non-hydrogen) atoms. The van der Waals surface area contributed by atoms with Gasteiger partial charge in [0.2, 0.25) is 5.89 Å². The zero-order valence-corrected chi connectivity index (χ0v) is 16.5. The lowest BCUT2D eigenvalue weighted by Gasteiger charge is -2.20. The van der Waals surface area contributed by atoms with E-state index in [1.165, 1.54) is 25.7 Å². The Balaban J connectivity index is 1.58. The van der Waals surface area contributed by atoms with E-state index >= 15 is 0 Å². The van der Waals surface area contributed by atoms with Crippen LogP contribution in [0.25, 0.3) is 11.0 Å². The van der Waals surface area contributed by atoms with Crippen LogP contribution in [0.2, 0.25) is 0 Å². The summed E-state index contributed by atoms with van der Waals surface area (Å²) in [6.07, 6.45) is 7.43. The first kappa shape index (κ1) is 17.9. The van der Waals surface area contributed by atoms with Gasteiger partial charge in [-0.1, -0.05) is 31.8 Å². The quantitative estimate of drug-likeness (QED) is 0.659. The molecule has 0 bridgehead atoms. The van der Waals surface area contributed by atoms with Gasteiger partial charge >= 0.3 is 0 Å². The van der Waals surface area contributed by atoms with Gasteiger partial charge in [0.05, 0.1) is 11.6 Å². The van der Waals surface area contributed by atoms with Crippen LogP contribution in [-0.4, -0.2) is 43.5 Å². The molecule has 0 atom stereocenters. The maximum absolute atomic E-state index is 5.31. The number of aromatic nitrogens is 6. The highest BCUT2D eigenvalue weighted by atomic mass is 16.5. The molecule has 8 heteroatoms. The van der Waals surface area contributed by atoms with E-state index in [-0.39, 0.29) is 5.92 Å². The molecule has 0 amide bonds. The zero-order valence-electron chi connectivity index (χ0n) is 16.5. The molecule has 0 spiro atoms. The molecule has 0 N–H and O–H groups in total. The fourth-order valence-electron chi connectivity index (χ4n) is 3.66. The van der Waals surface area contributed by atoms with Gasteiger partial charge in [-0.25, -0.2) is 9.97 Å². The summed E-state index contributed by atoms with van der Waals surface area (Å²) in [7, 11) is 3.99. The third-order valence-corrected chi connectivity index (χ3v) is 5.32. The van der Waals surface area contributed by atoms with Crippen molar-refractivity contribution in [1.82, 2.24) is 29.9 Å². The summed E-state index contributed by atoms with van der Waals surface area (Å²) in [4.78, 5) is 16.4. The van der Waals surface area contributed by atoms with Crippen molar-refractivity contribution >= 4 is 16.9 Å². The van der Waals surface area contributed by atoms with Gasteiger partial charge in [-0.05, 0) is 12.8 Å². The molecule has 0 saturated heterocycles. The number of aryl methyl sites for hydroxylation is 1. The number of rotatable bonds is 6. The van der Waals surface area contributed by atoms with E-state index in [1.807, 2.05) is 31.8 Å². The number of hydrogen-bond donors (Lipinski definition) is 0. The number of fused-ring (bicyclic) bond motifs is 1. The second-order valence-electron chi connectivity index (χ2n) is 7.77. The topological polar surface area (TPSA) is 85.8 Å². The van der Waals surface area contributed by atoms with E-state index in [4.69, 9.17) is 14.5 Å². The minimum atomic E-state index is 0.245. The van der Waals surface area contributed by atoms with Crippen LogP contribution in [0.1, 0.15) is 68.9 Å². The summed E-state index contributed by atoms with van der Waals surface area (Å²) in [6.45, 7) is 4.85. The highest BCUT2D eigenvalue weighted by Crippen LogP contribution is 2.34. The average Bonchev–Trinajstić information content (AvgIpc) is 3.40. The van der Waals surface area contributed by atoms with Crippen molar-refractivity contribution in [2.24, 2.45) is 7.05 Å². The molecule has 0 unspecified atom stereocenters. The minimum Gasteiger partial charge on any atom is -0.359 e. The SMILES string of the molecule is CC(C)c1nc(CCN(C)c2nc(C3CCCC3)nc3c2cnn3C)no1. The lowest BCUT2D eigenvalue weighted by atomic mass is 10.1. The normalized spacial score (nSPS) is 15.3. The van der Waals surface area contributed by atoms with Gasteiger partial charge in [-0.15, -0.1) is 0 Å². The first-order valence-corrected chi connectivity index (χ1v) is 9.76. The van der Waals surface area contributed by atoms with Gasteiger partial charge < -0.3 is 9.42 Å². The van der Waals surface area contributed by atoms with Crippen LogP contribution in [0.5, 0.6) is 0 Å². The van der Waals surface area contributed by atoms with Gasteiger partial charge in [-0.3, -0.25) is 4.68 Å². The van der Waals surface area contributed by atoms with E-state index < -0.39 is 0 Å². The Kier molecular flexibility index (Phi) is 4.80. The minimum absolute atomic E-state index is 0.245. The molecule has 0 aliphatic heterocycles. The molecule has 1 saturated carbocycles. The molecule has 3 aromatic heterocycles. The largest absolute Gasteiger partial charge is 0.359 e. The van der Waals surface area contributed by atoms with Gasteiger partial charge in [0.15, 0.2) is 11.5 Å². The lowest BCUT2D eigenvalue weighted by Crippen LogP contribution is -2.23. The first-order valence-electron chi connectivity index (χ1n) is 9.76. The average molecular weight is 369 g/mol. The van der Waals surface area contributed by atoms with E-state index in [9.17, 15) is 0 Å². The van der Waals surface area contributed by atoms with Crippen molar-refractivity contribution in [2.75, 3.05) is 18.5 Å². The second-order valence-corrected chi connectivity index (χ2v) is 7.77. The van der Waals surface area contributed by atoms with Crippen molar-refractivity contribution in [3.63, 3.8) is 0 Å². The van der Waals surface area contributed by atoms with E-state index in [0.717, 1.165) is 35.0 Å². The van der Waals surface area contributed by atoms with Crippen LogP contribution in [0.4, 0.5) is 5.82 Å². The van der Waals surface area contributed by atoms with Crippen LogP contribution in [0.3, 0.4) is 0 Å². The summed E-state index contributed by atoms with van der Waals surface area (Å²) in [5.41, 5.74) is 0.899. The van der Waals surface area contributed by atoms with Crippen molar-refractivity contribution in [3.05, 3.63) is 23.7 Å². The van der Waals surface area contributed by atoms with Crippen LogP contribution in [0, 0.1) is 0 Å². The molecule has 144 valence electrons. The predicted molar refractivity (Wildman–Crippen MR) is 103 cm³/mol. The van der Waals surface area contributed by atoms with Crippen molar-refractivity contribution in [2.45, 2.75) is 57.8 Å². The number of likely N-dealkylation sites (N-methyl/N-ethyl adjacent to an activating group) is 1. The Bertz CT molecular complexity index is 923. The highest BCUT2D eigenvalue weighted by molar-refractivity contribution is 5.86. The van der Waals surface area contributed by atoms with Gasteiger partial charge in [0.25, 0.3) is 0 Å². The number of anilines is 1. The molecule has 1 aliphatic carbocycles. The maximum Gasteiger partial charge on any atom is 0.229 e. The van der Waals surface area contributed by atoms with Crippen LogP contribution in [-0.2, 0) is 13.5 Å². The maximum atomic E-state index is 5.31. The van der Waals surface area contributed by atoms with Gasteiger partial charge in [0.1, 0.15) is 11.6 Å². The molecule has 1 fully saturated rings. The molecule has 3 heterocycles. The van der Waals surface area contributed by atoms with Crippen LogP contribution >= 0.6 is 0 Å². The summed E-state index contributed by atoms with van der Waals surface area (Å²) >= 11 is 0. The molecule has 3 aromatic rings. The highest BCUT2D eigenvalue weighted by Gasteiger charge is 2.23. The number of nitrogens with zero attached hydrogens (tertiary/aromatic N) is 7. The monoisotopic (exact) mass is 369 g/mol. The summed E-state index contributed by atoms with van der Waals surface area (Å²) in [6, 6.07) is 0. The molecule has 1 aliphatic rings. The van der Waals surface area contributed by atoms with Crippen molar-refractivity contribution < 1.29 is 4.52 Å². The Labute approximate surface area is 159 Å². The molecule has 8 nitrogen and oxygen atoms in total. The lowest BCUT2D eigenvalue weighted by molar-refractivity contribution is 0.360. The van der Waals surface area contributed by atoms with E-state index in [2.05, 4.69) is 27.2 Å². The molecule has 4 rings (SSSR count). The van der Waals surface area contributed by atoms with Gasteiger partial charge in [0, 0.05) is 38.9 Å². The van der Waals surface area contributed by atoms with Gasteiger partial charge in [-0.2, -0.15) is 10.1 Å². The third-order valence-electron chi connectivity index (χ3n) is 5.32. The van der Waals surface area contributed by atoms with E-state index in [0.29, 0.717) is 18.2 Å². The zero-order chi connectivity index (χ0) is 19.0. The van der Waals surface area contributed by atoms with Crippen molar-refractivity contribution in [3.8, 4) is 0 Å². The first-order chi connectivity index (χ1) is 13.0. The predicted octanol–water partition coefficient (Wildman–Crippen LogP) is 3.21. The Morgan fingerprint density at radius 1 is 1.22 bits per heavy atom. The molecule has 0 radical (unpaired) electrons. The van der Waals surface area contributed by atoms with E-state index in [1.54, 1.807) is 0 Å². The standard InChI is InChI=1S/C19H27N7O/c1-12(2)19-21-15(24-27-19)9-10-25(3)17-14-11-20-26(4)18(14)23-16(22-17)13-7-5-6-8-13/h11-13H,5-10H2,1-4H3. The molecular formula is C19H27N7O. The van der Waals surface area contributed by atoms with Crippen LogP contribution in [0.15, 0.2) is 10.7 Å². The Hall–Kier alpha value is -2.51. The second kappa shape index (κ2) is 7.25. The smallest absolute Gasteiger partial charge is 0.229 e. The van der Waals surface area contributed by atoms with Crippen LogP contribution < -0.4 is 4.90 Å². The summed E-state index contributed by atoms with van der Waals surface area (Å²) in [5.74, 6) is 4.01. The fourth-order valence-corrected chi connectivity index (χ4v) is 3.66. The fraction of sp³-hybridized carbons (Fsp3) is 0.632.